The summed E-state index contributed by atoms with van der Waals surface area (Å²) in [7, 11) is 0. The van der Waals surface area contributed by atoms with E-state index < -0.39 is 0 Å². The molecule has 2 unspecified atom stereocenters. The Morgan fingerprint density at radius 3 is 2.53 bits per heavy atom. The second kappa shape index (κ2) is 7.06. The Balaban J connectivity index is 2.03. The van der Waals surface area contributed by atoms with Crippen LogP contribution in [0.25, 0.3) is 0 Å². The number of benzene rings is 1. The summed E-state index contributed by atoms with van der Waals surface area (Å²) in [6.07, 6.45) is 2.66. The van der Waals surface area contributed by atoms with Crippen molar-refractivity contribution < 1.29 is 0 Å². The predicted octanol–water partition coefficient (Wildman–Crippen LogP) is 3.46. The number of rotatable bonds is 6. The zero-order chi connectivity index (χ0) is 13.7. The molecular weight excluding hydrogens is 232 g/mol. The van der Waals surface area contributed by atoms with E-state index in [0.717, 1.165) is 0 Å². The van der Waals surface area contributed by atoms with Gasteiger partial charge in [-0.25, -0.2) is 0 Å². The maximum absolute atomic E-state index is 3.62. The third kappa shape index (κ3) is 4.32. The first kappa shape index (κ1) is 14.5. The van der Waals surface area contributed by atoms with Crippen LogP contribution in [0.5, 0.6) is 0 Å². The Bertz CT molecular complexity index is 355. The van der Waals surface area contributed by atoms with Crippen molar-refractivity contribution in [3.63, 3.8) is 0 Å². The molecule has 1 N–H and O–H groups in total. The maximum atomic E-state index is 3.62. The number of hydrogen-bond acceptors (Lipinski definition) is 2. The van der Waals surface area contributed by atoms with Gasteiger partial charge in [-0.3, -0.25) is 4.90 Å². The minimum atomic E-state index is 0.506. The fourth-order valence-electron chi connectivity index (χ4n) is 3.00. The molecule has 0 aromatic heterocycles. The molecule has 0 amide bonds. The van der Waals surface area contributed by atoms with Crippen LogP contribution in [0.15, 0.2) is 30.3 Å². The molecule has 0 saturated carbocycles. The molecule has 1 fully saturated rings. The fourth-order valence-corrected chi connectivity index (χ4v) is 3.00. The van der Waals surface area contributed by atoms with Crippen LogP contribution in [-0.2, 0) is 0 Å². The van der Waals surface area contributed by atoms with Crippen molar-refractivity contribution >= 4 is 0 Å². The Hall–Kier alpha value is -0.860. The van der Waals surface area contributed by atoms with Crippen LogP contribution in [0, 0.1) is 5.92 Å². The summed E-state index contributed by atoms with van der Waals surface area (Å²) in [5, 5.41) is 3.62. The average molecular weight is 260 g/mol. The van der Waals surface area contributed by atoms with Crippen LogP contribution in [-0.4, -0.2) is 30.6 Å². The van der Waals surface area contributed by atoms with E-state index >= 15 is 0 Å². The van der Waals surface area contributed by atoms with Crippen LogP contribution in [0.2, 0.25) is 0 Å². The highest BCUT2D eigenvalue weighted by Gasteiger charge is 2.22. The third-order valence-electron chi connectivity index (χ3n) is 4.05. The number of hydrogen-bond donors (Lipinski definition) is 1. The van der Waals surface area contributed by atoms with Crippen molar-refractivity contribution in [2.75, 3.05) is 19.6 Å². The first-order chi connectivity index (χ1) is 9.16. The molecule has 1 aliphatic rings. The lowest BCUT2D eigenvalue weighted by molar-refractivity contribution is 0.171. The molecule has 1 aromatic carbocycles. The summed E-state index contributed by atoms with van der Waals surface area (Å²) in [5.41, 5.74) is 1.43. The molecule has 1 aliphatic heterocycles. The van der Waals surface area contributed by atoms with Gasteiger partial charge in [-0.15, -0.1) is 0 Å². The molecule has 2 atom stereocenters. The van der Waals surface area contributed by atoms with Crippen molar-refractivity contribution in [1.29, 1.82) is 0 Å². The molecule has 2 heteroatoms. The average Bonchev–Trinajstić information content (AvgIpc) is 2.90. The SMILES string of the molecule is CC(C)CN(CC1CCCN1)C(C)c1ccccc1. The van der Waals surface area contributed by atoms with E-state index in [0.29, 0.717) is 18.0 Å². The second-order valence-electron chi connectivity index (χ2n) is 6.23. The van der Waals surface area contributed by atoms with Gasteiger partial charge >= 0.3 is 0 Å². The molecule has 0 bridgehead atoms. The van der Waals surface area contributed by atoms with E-state index in [1.54, 1.807) is 0 Å². The highest BCUT2D eigenvalue weighted by atomic mass is 15.2. The summed E-state index contributed by atoms with van der Waals surface area (Å²) >= 11 is 0. The maximum Gasteiger partial charge on any atom is 0.0320 e. The van der Waals surface area contributed by atoms with Gasteiger partial charge in [-0.2, -0.15) is 0 Å². The zero-order valence-corrected chi connectivity index (χ0v) is 12.6. The van der Waals surface area contributed by atoms with Gasteiger partial charge in [0.05, 0.1) is 0 Å². The van der Waals surface area contributed by atoms with E-state index in [4.69, 9.17) is 0 Å². The molecule has 0 spiro atoms. The summed E-state index contributed by atoms with van der Waals surface area (Å²) < 4.78 is 0. The number of nitrogens with one attached hydrogen (secondary N) is 1. The van der Waals surface area contributed by atoms with Gasteiger partial charge in [-0.05, 0) is 37.8 Å². The van der Waals surface area contributed by atoms with Crippen molar-refractivity contribution in [3.8, 4) is 0 Å². The van der Waals surface area contributed by atoms with Gasteiger partial charge in [0.2, 0.25) is 0 Å². The number of nitrogens with zero attached hydrogens (tertiary/aromatic N) is 1. The summed E-state index contributed by atoms with van der Waals surface area (Å²) in [4.78, 5) is 2.64. The van der Waals surface area contributed by atoms with E-state index in [-0.39, 0.29) is 0 Å². The summed E-state index contributed by atoms with van der Waals surface area (Å²) in [6.45, 7) is 10.5. The molecule has 2 rings (SSSR count). The van der Waals surface area contributed by atoms with Crippen LogP contribution in [0.3, 0.4) is 0 Å². The monoisotopic (exact) mass is 260 g/mol. The van der Waals surface area contributed by atoms with E-state index in [2.05, 4.69) is 61.3 Å². The summed E-state index contributed by atoms with van der Waals surface area (Å²) in [5.74, 6) is 0.715. The highest BCUT2D eigenvalue weighted by molar-refractivity contribution is 5.18. The topological polar surface area (TPSA) is 15.3 Å². The second-order valence-corrected chi connectivity index (χ2v) is 6.23. The Morgan fingerprint density at radius 2 is 1.95 bits per heavy atom. The fraction of sp³-hybridized carbons (Fsp3) is 0.647. The van der Waals surface area contributed by atoms with Gasteiger partial charge < -0.3 is 5.32 Å². The molecule has 106 valence electrons. The Kier molecular flexibility index (Phi) is 5.41. The molecule has 19 heavy (non-hydrogen) atoms. The first-order valence-electron chi connectivity index (χ1n) is 7.69. The van der Waals surface area contributed by atoms with E-state index in [1.807, 2.05) is 0 Å². The largest absolute Gasteiger partial charge is 0.313 e. The lowest BCUT2D eigenvalue weighted by atomic mass is 10.0. The Labute approximate surface area is 118 Å². The molecular formula is C17H28N2. The van der Waals surface area contributed by atoms with Crippen molar-refractivity contribution in [3.05, 3.63) is 35.9 Å². The van der Waals surface area contributed by atoms with Gasteiger partial charge in [0, 0.05) is 25.2 Å². The van der Waals surface area contributed by atoms with Gasteiger partial charge in [0.15, 0.2) is 0 Å². The molecule has 1 heterocycles. The van der Waals surface area contributed by atoms with Crippen molar-refractivity contribution in [1.82, 2.24) is 10.2 Å². The van der Waals surface area contributed by atoms with Crippen molar-refractivity contribution in [2.24, 2.45) is 5.92 Å². The lowest BCUT2D eigenvalue weighted by Crippen LogP contribution is -2.40. The lowest BCUT2D eigenvalue weighted by Gasteiger charge is -2.33. The van der Waals surface area contributed by atoms with Crippen molar-refractivity contribution in [2.45, 2.75) is 45.7 Å². The van der Waals surface area contributed by atoms with E-state index in [1.165, 1.54) is 38.0 Å². The zero-order valence-electron chi connectivity index (χ0n) is 12.6. The van der Waals surface area contributed by atoms with Gasteiger partial charge in [-0.1, -0.05) is 44.2 Å². The first-order valence-corrected chi connectivity index (χ1v) is 7.69. The minimum Gasteiger partial charge on any atom is -0.313 e. The Morgan fingerprint density at radius 1 is 1.21 bits per heavy atom. The standard InChI is InChI=1S/C17H28N2/c1-14(2)12-19(13-17-10-7-11-18-17)15(3)16-8-5-4-6-9-16/h4-6,8-9,14-15,17-18H,7,10-13H2,1-3H3. The molecule has 2 nitrogen and oxygen atoms in total. The normalized spacial score (nSPS) is 21.2. The third-order valence-corrected chi connectivity index (χ3v) is 4.05. The van der Waals surface area contributed by atoms with Crippen LogP contribution in [0.1, 0.15) is 45.2 Å². The predicted molar refractivity (Wildman–Crippen MR) is 82.3 cm³/mol. The molecule has 0 aliphatic carbocycles. The molecule has 0 radical (unpaired) electrons. The van der Waals surface area contributed by atoms with Gasteiger partial charge in [0.25, 0.3) is 0 Å². The van der Waals surface area contributed by atoms with Crippen LogP contribution >= 0.6 is 0 Å². The van der Waals surface area contributed by atoms with E-state index in [9.17, 15) is 0 Å². The highest BCUT2D eigenvalue weighted by Crippen LogP contribution is 2.22. The summed E-state index contributed by atoms with van der Waals surface area (Å²) in [6, 6.07) is 12.1. The van der Waals surface area contributed by atoms with Crippen LogP contribution < -0.4 is 5.32 Å². The molecule has 1 saturated heterocycles. The minimum absolute atomic E-state index is 0.506. The smallest absolute Gasteiger partial charge is 0.0320 e. The quantitative estimate of drug-likeness (QED) is 0.842. The van der Waals surface area contributed by atoms with Crippen LogP contribution in [0.4, 0.5) is 0 Å². The molecule has 1 aromatic rings. The van der Waals surface area contributed by atoms with Gasteiger partial charge in [0.1, 0.15) is 0 Å².